The smallest absolute Gasteiger partial charge is 0.371 e. The van der Waals surface area contributed by atoms with Crippen molar-refractivity contribution in [1.29, 1.82) is 0 Å². The molecule has 1 N–H and O–H groups in total. The highest BCUT2D eigenvalue weighted by molar-refractivity contribution is 5.84. The van der Waals surface area contributed by atoms with Gasteiger partial charge in [-0.25, -0.2) is 4.79 Å². The maximum Gasteiger partial charge on any atom is 0.371 e. The van der Waals surface area contributed by atoms with Gasteiger partial charge in [-0.15, -0.1) is 0 Å². The van der Waals surface area contributed by atoms with Gasteiger partial charge in [0.15, 0.2) is 0 Å². The molecule has 5 heteroatoms. The van der Waals surface area contributed by atoms with Crippen molar-refractivity contribution in [2.45, 2.75) is 40.2 Å². The van der Waals surface area contributed by atoms with E-state index in [2.05, 4.69) is 25.0 Å². The Kier molecular flexibility index (Phi) is 3.74. The number of furan rings is 1. The molecule has 2 aromatic rings. The predicted octanol–water partition coefficient (Wildman–Crippen LogP) is 2.66. The predicted molar refractivity (Wildman–Crippen MR) is 70.5 cm³/mol. The van der Waals surface area contributed by atoms with Gasteiger partial charge >= 0.3 is 5.97 Å². The Morgan fingerprint density at radius 3 is 2.63 bits per heavy atom. The van der Waals surface area contributed by atoms with Crippen LogP contribution in [0.1, 0.15) is 47.1 Å². The van der Waals surface area contributed by atoms with Crippen LogP contribution >= 0.6 is 0 Å². The van der Waals surface area contributed by atoms with Crippen LogP contribution in [0.3, 0.4) is 0 Å². The van der Waals surface area contributed by atoms with Crippen molar-refractivity contribution in [3.05, 3.63) is 40.6 Å². The zero-order valence-corrected chi connectivity index (χ0v) is 11.4. The first-order valence-electron chi connectivity index (χ1n) is 6.43. The topological polar surface area (TPSA) is 68.3 Å². The summed E-state index contributed by atoms with van der Waals surface area (Å²) in [6, 6.07) is 3.66. The third kappa shape index (κ3) is 2.70. The van der Waals surface area contributed by atoms with Crippen LogP contribution in [0.2, 0.25) is 0 Å². The lowest BCUT2D eigenvalue weighted by Crippen LogP contribution is -2.06. The van der Waals surface area contributed by atoms with Crippen molar-refractivity contribution in [3.8, 4) is 0 Å². The average Bonchev–Trinajstić information content (AvgIpc) is 2.94. The Morgan fingerprint density at radius 1 is 1.37 bits per heavy atom. The number of hydrogen-bond acceptors (Lipinski definition) is 3. The lowest BCUT2D eigenvalue weighted by molar-refractivity contribution is 0.0661. The van der Waals surface area contributed by atoms with Crippen LogP contribution in [-0.2, 0) is 19.4 Å². The van der Waals surface area contributed by atoms with E-state index in [0.717, 1.165) is 29.8 Å². The molecular weight excluding hydrogens is 244 g/mol. The van der Waals surface area contributed by atoms with Crippen molar-refractivity contribution in [2.24, 2.45) is 0 Å². The summed E-state index contributed by atoms with van der Waals surface area (Å²) in [7, 11) is 0. The van der Waals surface area contributed by atoms with Gasteiger partial charge in [-0.05, 0) is 31.9 Å². The minimum Gasteiger partial charge on any atom is -0.475 e. The lowest BCUT2D eigenvalue weighted by atomic mass is 10.2. The molecule has 102 valence electrons. The van der Waals surface area contributed by atoms with Crippen LogP contribution in [-0.4, -0.2) is 20.9 Å². The largest absolute Gasteiger partial charge is 0.475 e. The Bertz CT molecular complexity index is 596. The maximum absolute atomic E-state index is 10.9. The number of aromatic nitrogens is 2. The third-order valence-electron chi connectivity index (χ3n) is 3.19. The molecule has 0 amide bonds. The van der Waals surface area contributed by atoms with Gasteiger partial charge in [0, 0.05) is 11.3 Å². The van der Waals surface area contributed by atoms with Crippen LogP contribution in [0.15, 0.2) is 16.5 Å². The second kappa shape index (κ2) is 5.30. The molecule has 19 heavy (non-hydrogen) atoms. The van der Waals surface area contributed by atoms with Gasteiger partial charge in [0.1, 0.15) is 5.76 Å². The number of hydrogen-bond donors (Lipinski definition) is 1. The molecule has 0 aliphatic heterocycles. The standard InChI is InChI=1S/C14H18N2O3/c1-4-11-7-12(5-2)16(15-11)8-10-6-13(14(17)18)19-9(10)3/h6-7H,4-5,8H2,1-3H3,(H,17,18). The summed E-state index contributed by atoms with van der Waals surface area (Å²) < 4.78 is 7.13. The molecule has 0 aliphatic carbocycles. The molecule has 0 radical (unpaired) electrons. The molecule has 2 heterocycles. The van der Waals surface area contributed by atoms with Crippen molar-refractivity contribution in [1.82, 2.24) is 9.78 Å². The number of carboxylic acids is 1. The van der Waals surface area contributed by atoms with E-state index in [1.54, 1.807) is 13.0 Å². The first-order chi connectivity index (χ1) is 9.05. The number of aromatic carboxylic acids is 1. The van der Waals surface area contributed by atoms with Crippen molar-refractivity contribution < 1.29 is 14.3 Å². The normalized spacial score (nSPS) is 10.9. The highest BCUT2D eigenvalue weighted by Crippen LogP contribution is 2.17. The summed E-state index contributed by atoms with van der Waals surface area (Å²) in [4.78, 5) is 10.9. The fourth-order valence-electron chi connectivity index (χ4n) is 2.05. The summed E-state index contributed by atoms with van der Waals surface area (Å²) >= 11 is 0. The van der Waals surface area contributed by atoms with E-state index in [1.165, 1.54) is 0 Å². The minimum absolute atomic E-state index is 0.0200. The van der Waals surface area contributed by atoms with Gasteiger partial charge in [0.2, 0.25) is 5.76 Å². The quantitative estimate of drug-likeness (QED) is 0.899. The second-order valence-corrected chi connectivity index (χ2v) is 4.49. The summed E-state index contributed by atoms with van der Waals surface area (Å²) in [5, 5.41) is 13.4. The number of aryl methyl sites for hydroxylation is 3. The summed E-state index contributed by atoms with van der Waals surface area (Å²) in [6.45, 7) is 6.47. The molecule has 0 aliphatic rings. The van der Waals surface area contributed by atoms with E-state index < -0.39 is 5.97 Å². The van der Waals surface area contributed by atoms with Crippen LogP contribution in [0.4, 0.5) is 0 Å². The number of carboxylic acid groups (broad SMARTS) is 1. The molecular formula is C14H18N2O3. The highest BCUT2D eigenvalue weighted by Gasteiger charge is 2.15. The van der Waals surface area contributed by atoms with Crippen LogP contribution < -0.4 is 0 Å². The molecule has 0 saturated heterocycles. The van der Waals surface area contributed by atoms with E-state index in [1.807, 2.05) is 4.68 Å². The first kappa shape index (κ1) is 13.4. The van der Waals surface area contributed by atoms with Crippen LogP contribution in [0.5, 0.6) is 0 Å². The van der Waals surface area contributed by atoms with Gasteiger partial charge in [0.05, 0.1) is 12.2 Å². The molecule has 0 bridgehead atoms. The van der Waals surface area contributed by atoms with Crippen molar-refractivity contribution in [2.75, 3.05) is 0 Å². The van der Waals surface area contributed by atoms with E-state index in [-0.39, 0.29) is 5.76 Å². The molecule has 0 saturated carbocycles. The van der Waals surface area contributed by atoms with Crippen LogP contribution in [0, 0.1) is 6.92 Å². The fraction of sp³-hybridized carbons (Fsp3) is 0.429. The molecule has 2 aromatic heterocycles. The molecule has 5 nitrogen and oxygen atoms in total. The van der Waals surface area contributed by atoms with E-state index in [4.69, 9.17) is 9.52 Å². The first-order valence-corrected chi connectivity index (χ1v) is 6.43. The molecule has 0 fully saturated rings. The average molecular weight is 262 g/mol. The summed E-state index contributed by atoms with van der Waals surface area (Å²) in [5.41, 5.74) is 3.06. The van der Waals surface area contributed by atoms with E-state index in [9.17, 15) is 4.79 Å². The number of rotatable bonds is 5. The molecule has 0 unspecified atom stereocenters. The molecule has 0 aromatic carbocycles. The SMILES string of the molecule is CCc1cc(CC)n(Cc2cc(C(=O)O)oc2C)n1. The van der Waals surface area contributed by atoms with Gasteiger partial charge in [0.25, 0.3) is 0 Å². The van der Waals surface area contributed by atoms with Gasteiger partial charge in [-0.1, -0.05) is 13.8 Å². The Balaban J connectivity index is 2.30. The highest BCUT2D eigenvalue weighted by atomic mass is 16.4. The zero-order chi connectivity index (χ0) is 14.0. The van der Waals surface area contributed by atoms with E-state index >= 15 is 0 Å². The van der Waals surface area contributed by atoms with Crippen LogP contribution in [0.25, 0.3) is 0 Å². The molecule has 0 spiro atoms. The van der Waals surface area contributed by atoms with Crippen molar-refractivity contribution >= 4 is 5.97 Å². The summed E-state index contributed by atoms with van der Waals surface area (Å²) in [5.74, 6) is -0.429. The van der Waals surface area contributed by atoms with Gasteiger partial charge in [-0.2, -0.15) is 5.10 Å². The van der Waals surface area contributed by atoms with Gasteiger partial charge < -0.3 is 9.52 Å². The monoisotopic (exact) mass is 262 g/mol. The summed E-state index contributed by atoms with van der Waals surface area (Å²) in [6.07, 6.45) is 1.79. The second-order valence-electron chi connectivity index (χ2n) is 4.49. The van der Waals surface area contributed by atoms with E-state index in [0.29, 0.717) is 12.3 Å². The number of nitrogens with zero attached hydrogens (tertiary/aromatic N) is 2. The van der Waals surface area contributed by atoms with Crippen molar-refractivity contribution in [3.63, 3.8) is 0 Å². The maximum atomic E-state index is 10.9. The Labute approximate surface area is 111 Å². The minimum atomic E-state index is -1.04. The Hall–Kier alpha value is -2.04. The molecule has 2 rings (SSSR count). The van der Waals surface area contributed by atoms with Gasteiger partial charge in [-0.3, -0.25) is 4.68 Å². The zero-order valence-electron chi connectivity index (χ0n) is 11.4. The lowest BCUT2D eigenvalue weighted by Gasteiger charge is -2.04. The number of carbonyl (C=O) groups is 1. The third-order valence-corrected chi connectivity index (χ3v) is 3.19. The fourth-order valence-corrected chi connectivity index (χ4v) is 2.05. The Morgan fingerprint density at radius 2 is 2.11 bits per heavy atom. The molecule has 0 atom stereocenters.